The number of benzene rings is 1. The van der Waals surface area contributed by atoms with E-state index >= 15 is 0 Å². The number of nitrogens with zero attached hydrogens (tertiary/aromatic N) is 4. The number of carbonyl (C=O) groups is 2. The molecule has 1 aromatic carbocycles. The third kappa shape index (κ3) is 7.18. The van der Waals surface area contributed by atoms with Crippen LogP contribution in [0, 0.1) is 5.82 Å². The lowest BCUT2D eigenvalue weighted by atomic mass is 9.88. The number of rotatable bonds is 5. The van der Waals surface area contributed by atoms with Gasteiger partial charge in [0.2, 0.25) is 0 Å². The summed E-state index contributed by atoms with van der Waals surface area (Å²) in [5.74, 6) is -2.22. The molecule has 2 N–H and O–H groups in total. The Morgan fingerprint density at radius 2 is 1.77 bits per heavy atom. The highest BCUT2D eigenvalue weighted by Gasteiger charge is 2.47. The zero-order chi connectivity index (χ0) is 28.0. The summed E-state index contributed by atoms with van der Waals surface area (Å²) < 4.78 is 53.4. The first kappa shape index (κ1) is 28.2. The molecule has 1 saturated heterocycles. The maximum Gasteiger partial charge on any atom is 0.490 e. The number of likely N-dealkylation sites (tertiary alicyclic amines) is 1. The lowest BCUT2D eigenvalue weighted by Crippen LogP contribution is -2.53. The normalized spacial score (nSPS) is 18.5. The SMILES string of the molecule is O=C(NCc1ccccn1)C1Cn2ccnc2C2(CCN(Cc3ccc(F)cc3)CC2)O1.O=C(O)C(F)(F)F. The molecule has 0 bridgehead atoms. The quantitative estimate of drug-likeness (QED) is 0.471. The molecule has 0 radical (unpaired) electrons. The van der Waals surface area contributed by atoms with Gasteiger partial charge in [-0.05, 0) is 42.7 Å². The Labute approximate surface area is 221 Å². The van der Waals surface area contributed by atoms with E-state index in [2.05, 4.69) is 20.2 Å². The maximum atomic E-state index is 13.2. The first-order chi connectivity index (χ1) is 18.6. The van der Waals surface area contributed by atoms with Crippen molar-refractivity contribution in [3.8, 4) is 0 Å². The third-order valence-electron chi connectivity index (χ3n) is 6.54. The first-order valence-electron chi connectivity index (χ1n) is 12.2. The lowest BCUT2D eigenvalue weighted by molar-refractivity contribution is -0.192. The summed E-state index contributed by atoms with van der Waals surface area (Å²) in [6.45, 7) is 3.21. The molecule has 5 rings (SSSR count). The largest absolute Gasteiger partial charge is 0.490 e. The molecule has 39 heavy (non-hydrogen) atoms. The molecule has 1 fully saturated rings. The fourth-order valence-electron chi connectivity index (χ4n) is 4.59. The molecule has 208 valence electrons. The van der Waals surface area contributed by atoms with Crippen molar-refractivity contribution in [3.05, 3.63) is 84.0 Å². The van der Waals surface area contributed by atoms with E-state index in [9.17, 15) is 22.4 Å². The Kier molecular flexibility index (Phi) is 8.60. The highest BCUT2D eigenvalue weighted by Crippen LogP contribution is 2.40. The summed E-state index contributed by atoms with van der Waals surface area (Å²) in [4.78, 5) is 33.0. The molecule has 1 spiro atoms. The summed E-state index contributed by atoms with van der Waals surface area (Å²) in [6.07, 6.45) is 1.24. The number of imidazole rings is 1. The van der Waals surface area contributed by atoms with E-state index in [1.54, 1.807) is 12.4 Å². The van der Waals surface area contributed by atoms with Crippen LogP contribution in [0.5, 0.6) is 0 Å². The zero-order valence-electron chi connectivity index (χ0n) is 20.8. The Morgan fingerprint density at radius 1 is 1.08 bits per heavy atom. The second-order valence-corrected chi connectivity index (χ2v) is 9.25. The zero-order valence-corrected chi connectivity index (χ0v) is 20.8. The van der Waals surface area contributed by atoms with Crippen LogP contribution in [-0.2, 0) is 39.6 Å². The number of alkyl halides is 3. The number of aromatic nitrogens is 3. The van der Waals surface area contributed by atoms with E-state index in [1.807, 2.05) is 41.1 Å². The van der Waals surface area contributed by atoms with Gasteiger partial charge >= 0.3 is 12.1 Å². The van der Waals surface area contributed by atoms with E-state index in [0.717, 1.165) is 49.6 Å². The van der Waals surface area contributed by atoms with Crippen LogP contribution in [0.2, 0.25) is 0 Å². The average Bonchev–Trinajstić information content (AvgIpc) is 3.40. The molecule has 2 aromatic heterocycles. The number of hydrogen-bond acceptors (Lipinski definition) is 6. The van der Waals surface area contributed by atoms with Gasteiger partial charge in [-0.2, -0.15) is 13.2 Å². The van der Waals surface area contributed by atoms with Crippen LogP contribution in [0.1, 0.15) is 29.9 Å². The molecule has 3 aromatic rings. The van der Waals surface area contributed by atoms with Crippen molar-refractivity contribution >= 4 is 11.9 Å². The number of pyridine rings is 1. The van der Waals surface area contributed by atoms with Crippen LogP contribution < -0.4 is 5.32 Å². The Balaban J connectivity index is 0.000000448. The summed E-state index contributed by atoms with van der Waals surface area (Å²) >= 11 is 0. The Bertz CT molecular complexity index is 1260. The van der Waals surface area contributed by atoms with Crippen LogP contribution in [0.3, 0.4) is 0 Å². The Morgan fingerprint density at radius 3 is 2.38 bits per heavy atom. The van der Waals surface area contributed by atoms with Crippen molar-refractivity contribution in [2.24, 2.45) is 0 Å². The molecule has 1 amide bonds. The van der Waals surface area contributed by atoms with Gasteiger partial charge in [0, 0.05) is 38.2 Å². The number of piperidine rings is 1. The number of amides is 1. The van der Waals surface area contributed by atoms with E-state index in [4.69, 9.17) is 14.6 Å². The van der Waals surface area contributed by atoms with Crippen molar-refractivity contribution in [1.29, 1.82) is 0 Å². The van der Waals surface area contributed by atoms with Crippen LogP contribution in [0.4, 0.5) is 17.6 Å². The highest BCUT2D eigenvalue weighted by molar-refractivity contribution is 5.80. The second-order valence-electron chi connectivity index (χ2n) is 9.25. The summed E-state index contributed by atoms with van der Waals surface area (Å²) in [6, 6.07) is 12.3. The third-order valence-corrected chi connectivity index (χ3v) is 6.54. The van der Waals surface area contributed by atoms with Gasteiger partial charge < -0.3 is 19.7 Å². The summed E-state index contributed by atoms with van der Waals surface area (Å²) in [5, 5.41) is 10.1. The molecule has 13 heteroatoms. The smallest absolute Gasteiger partial charge is 0.475 e. The standard InChI is InChI=1S/C24H26FN5O2.C2HF3O2/c25-19-6-4-18(5-7-19)16-29-12-8-24(9-13-29)23-27-11-14-30(23)17-21(32-24)22(31)28-15-20-3-1-2-10-26-20;3-2(4,5)1(6)7/h1-7,10-11,14,21H,8-9,12-13,15-17H2,(H,28,31);(H,6,7). The molecular formula is C26H27F4N5O4. The maximum absolute atomic E-state index is 13.2. The van der Waals surface area contributed by atoms with Gasteiger partial charge in [-0.3, -0.25) is 14.7 Å². The van der Waals surface area contributed by atoms with Crippen LogP contribution in [0.15, 0.2) is 61.1 Å². The fraction of sp³-hybridized carbons (Fsp3) is 0.385. The molecule has 4 heterocycles. The first-order valence-corrected chi connectivity index (χ1v) is 12.2. The van der Waals surface area contributed by atoms with E-state index < -0.39 is 23.9 Å². The van der Waals surface area contributed by atoms with Gasteiger partial charge in [0.1, 0.15) is 17.2 Å². The number of halogens is 4. The number of nitrogens with one attached hydrogen (secondary N) is 1. The topological polar surface area (TPSA) is 110 Å². The molecular weight excluding hydrogens is 522 g/mol. The number of carbonyl (C=O) groups excluding carboxylic acids is 1. The minimum absolute atomic E-state index is 0.136. The van der Waals surface area contributed by atoms with Crippen molar-refractivity contribution in [2.45, 2.75) is 50.4 Å². The number of carboxylic acids is 1. The van der Waals surface area contributed by atoms with Gasteiger partial charge in [-0.25, -0.2) is 14.2 Å². The lowest BCUT2D eigenvalue weighted by Gasteiger charge is -2.45. The molecule has 9 nitrogen and oxygen atoms in total. The van der Waals surface area contributed by atoms with Gasteiger partial charge in [-0.1, -0.05) is 18.2 Å². The average molecular weight is 550 g/mol. The van der Waals surface area contributed by atoms with Crippen LogP contribution in [0.25, 0.3) is 0 Å². The van der Waals surface area contributed by atoms with Crippen LogP contribution in [-0.4, -0.2) is 61.8 Å². The van der Waals surface area contributed by atoms with Gasteiger partial charge in [0.05, 0.1) is 18.8 Å². The predicted octanol–water partition coefficient (Wildman–Crippen LogP) is 3.26. The number of carboxylic acid groups (broad SMARTS) is 1. The highest BCUT2D eigenvalue weighted by atomic mass is 19.4. The molecule has 0 aliphatic carbocycles. The van der Waals surface area contributed by atoms with Gasteiger partial charge in [0.15, 0.2) is 6.10 Å². The van der Waals surface area contributed by atoms with Gasteiger partial charge in [-0.15, -0.1) is 0 Å². The number of hydrogen-bond donors (Lipinski definition) is 2. The van der Waals surface area contributed by atoms with Crippen molar-refractivity contribution in [1.82, 2.24) is 24.8 Å². The number of aliphatic carboxylic acids is 1. The number of fused-ring (bicyclic) bond motifs is 2. The van der Waals surface area contributed by atoms with Crippen molar-refractivity contribution < 1.29 is 37.0 Å². The molecule has 1 atom stereocenters. The molecule has 2 aliphatic rings. The van der Waals surface area contributed by atoms with Crippen LogP contribution >= 0.6 is 0 Å². The molecule has 0 saturated carbocycles. The van der Waals surface area contributed by atoms with Gasteiger partial charge in [0.25, 0.3) is 5.91 Å². The summed E-state index contributed by atoms with van der Waals surface area (Å²) in [7, 11) is 0. The van der Waals surface area contributed by atoms with E-state index in [0.29, 0.717) is 13.1 Å². The monoisotopic (exact) mass is 549 g/mol. The Hall–Kier alpha value is -3.84. The molecule has 2 aliphatic heterocycles. The molecule has 1 unspecified atom stereocenters. The minimum atomic E-state index is -5.08. The van der Waals surface area contributed by atoms with Crippen molar-refractivity contribution in [3.63, 3.8) is 0 Å². The minimum Gasteiger partial charge on any atom is -0.475 e. The summed E-state index contributed by atoms with van der Waals surface area (Å²) in [5.41, 5.74) is 1.32. The van der Waals surface area contributed by atoms with Crippen molar-refractivity contribution in [2.75, 3.05) is 13.1 Å². The number of ether oxygens (including phenoxy) is 1. The predicted molar refractivity (Wildman–Crippen MR) is 129 cm³/mol. The van der Waals surface area contributed by atoms with E-state index in [-0.39, 0.29) is 11.7 Å². The fourth-order valence-corrected chi connectivity index (χ4v) is 4.59. The second kappa shape index (κ2) is 11.9. The van der Waals surface area contributed by atoms with E-state index in [1.165, 1.54) is 12.1 Å².